The van der Waals surface area contributed by atoms with Crippen LogP contribution in [0.25, 0.3) is 0 Å². The maximum absolute atomic E-state index is 13.2. The Hall–Kier alpha value is -2.63. The normalized spacial score (nSPS) is 11.0. The third-order valence-electron chi connectivity index (χ3n) is 5.07. The van der Waals surface area contributed by atoms with Crippen molar-refractivity contribution < 1.29 is 14.0 Å². The molecule has 0 atom stereocenters. The Morgan fingerprint density at radius 2 is 1.77 bits per heavy atom. The monoisotopic (exact) mass is 415 g/mol. The molecule has 2 amide bonds. The molecule has 0 aliphatic heterocycles. The third kappa shape index (κ3) is 7.32. The number of amides is 2. The van der Waals surface area contributed by atoms with Crippen LogP contribution in [0.15, 0.2) is 42.6 Å². The van der Waals surface area contributed by atoms with Crippen LogP contribution in [0.5, 0.6) is 0 Å². The van der Waals surface area contributed by atoms with Crippen molar-refractivity contribution in [2.24, 2.45) is 13.0 Å². The van der Waals surface area contributed by atoms with Crippen molar-refractivity contribution in [3.8, 4) is 0 Å². The number of halogens is 1. The van der Waals surface area contributed by atoms with Gasteiger partial charge in [-0.15, -0.1) is 0 Å². The van der Waals surface area contributed by atoms with Crippen molar-refractivity contribution in [2.45, 2.75) is 46.6 Å². The number of carbonyl (C=O) groups is 2. The number of aromatic nitrogens is 1. The molecule has 0 aliphatic carbocycles. The van der Waals surface area contributed by atoms with E-state index in [1.54, 1.807) is 17.0 Å². The lowest BCUT2D eigenvalue weighted by Gasteiger charge is -2.29. The zero-order valence-corrected chi connectivity index (χ0v) is 18.6. The van der Waals surface area contributed by atoms with Crippen molar-refractivity contribution in [1.29, 1.82) is 0 Å². The number of carbonyl (C=O) groups excluding carboxylic acids is 2. The summed E-state index contributed by atoms with van der Waals surface area (Å²) in [5, 5.41) is 0. The van der Waals surface area contributed by atoms with Crippen LogP contribution in [-0.4, -0.2) is 45.8 Å². The van der Waals surface area contributed by atoms with Crippen molar-refractivity contribution in [2.75, 3.05) is 19.6 Å². The highest BCUT2D eigenvalue weighted by atomic mass is 19.1. The molecule has 0 saturated carbocycles. The summed E-state index contributed by atoms with van der Waals surface area (Å²) < 4.78 is 15.2. The molecule has 0 radical (unpaired) electrons. The van der Waals surface area contributed by atoms with Gasteiger partial charge in [-0.2, -0.15) is 0 Å². The minimum absolute atomic E-state index is 0.0437. The Morgan fingerprint density at radius 1 is 1.07 bits per heavy atom. The van der Waals surface area contributed by atoms with Crippen LogP contribution in [0.4, 0.5) is 4.39 Å². The summed E-state index contributed by atoms with van der Waals surface area (Å²) in [5.41, 5.74) is 1.81. The molecule has 2 rings (SSSR count). The van der Waals surface area contributed by atoms with E-state index >= 15 is 0 Å². The van der Waals surface area contributed by atoms with Gasteiger partial charge in [0.05, 0.1) is 19.5 Å². The van der Waals surface area contributed by atoms with E-state index in [4.69, 9.17) is 0 Å². The highest BCUT2D eigenvalue weighted by molar-refractivity contribution is 5.86. The minimum Gasteiger partial charge on any atom is -0.353 e. The molecule has 5 nitrogen and oxygen atoms in total. The number of benzene rings is 1. The van der Waals surface area contributed by atoms with E-state index in [1.807, 2.05) is 48.7 Å². The molecule has 30 heavy (non-hydrogen) atoms. The van der Waals surface area contributed by atoms with Crippen LogP contribution < -0.4 is 0 Å². The lowest BCUT2D eigenvalue weighted by atomic mass is 10.1. The van der Waals surface area contributed by atoms with E-state index in [1.165, 1.54) is 12.1 Å². The summed E-state index contributed by atoms with van der Waals surface area (Å²) in [4.78, 5) is 29.6. The van der Waals surface area contributed by atoms with Gasteiger partial charge < -0.3 is 14.4 Å². The number of hydrogen-bond acceptors (Lipinski definition) is 2. The molecule has 2 aromatic rings. The topological polar surface area (TPSA) is 45.6 Å². The van der Waals surface area contributed by atoms with Gasteiger partial charge in [-0.1, -0.05) is 39.3 Å². The molecule has 0 spiro atoms. The van der Waals surface area contributed by atoms with Crippen LogP contribution in [0.2, 0.25) is 0 Å². The van der Waals surface area contributed by atoms with Crippen LogP contribution in [0, 0.1) is 11.7 Å². The summed E-state index contributed by atoms with van der Waals surface area (Å²) in [7, 11) is 1.97. The molecule has 6 heteroatoms. The van der Waals surface area contributed by atoms with E-state index in [-0.39, 0.29) is 36.5 Å². The van der Waals surface area contributed by atoms with Crippen molar-refractivity contribution in [3.05, 3.63) is 59.7 Å². The van der Waals surface area contributed by atoms with Gasteiger partial charge in [0.1, 0.15) is 5.82 Å². The molecule has 0 bridgehead atoms. The molecule has 0 aliphatic rings. The predicted molar refractivity (Wildman–Crippen MR) is 117 cm³/mol. The molecule has 0 fully saturated rings. The van der Waals surface area contributed by atoms with Gasteiger partial charge >= 0.3 is 0 Å². The predicted octanol–water partition coefficient (Wildman–Crippen LogP) is 4.02. The smallest absolute Gasteiger partial charge is 0.242 e. The standard InChI is InChI=1S/C24H34FN3O2/c1-5-6-14-27(17-22-8-7-13-26(22)4)24(30)18-28(16-19(2)3)23(29)15-20-9-11-21(25)12-10-20/h7-13,19H,5-6,14-18H2,1-4H3. The molecule has 0 N–H and O–H groups in total. The molecular formula is C24H34FN3O2. The molecular weight excluding hydrogens is 381 g/mol. The Kier molecular flexibility index (Phi) is 9.09. The number of hydrogen-bond donors (Lipinski definition) is 0. The second kappa shape index (κ2) is 11.5. The van der Waals surface area contributed by atoms with Crippen LogP contribution >= 0.6 is 0 Å². The van der Waals surface area contributed by atoms with E-state index in [2.05, 4.69) is 6.92 Å². The van der Waals surface area contributed by atoms with E-state index in [0.717, 1.165) is 24.1 Å². The average Bonchev–Trinajstić information content (AvgIpc) is 3.10. The summed E-state index contributed by atoms with van der Waals surface area (Å²) >= 11 is 0. The lowest BCUT2D eigenvalue weighted by molar-refractivity contribution is -0.141. The molecule has 1 aromatic carbocycles. The SMILES string of the molecule is CCCCN(Cc1cccn1C)C(=O)CN(CC(C)C)C(=O)Cc1ccc(F)cc1. The first-order chi connectivity index (χ1) is 14.3. The summed E-state index contributed by atoms with van der Waals surface area (Å²) in [6, 6.07) is 9.92. The molecule has 0 unspecified atom stereocenters. The summed E-state index contributed by atoms with van der Waals surface area (Å²) in [6.45, 7) is 7.93. The second-order valence-electron chi connectivity index (χ2n) is 8.25. The van der Waals surface area contributed by atoms with Gasteiger partial charge in [-0.25, -0.2) is 4.39 Å². The van der Waals surface area contributed by atoms with Crippen molar-refractivity contribution in [3.63, 3.8) is 0 Å². The van der Waals surface area contributed by atoms with Crippen LogP contribution in [0.3, 0.4) is 0 Å². The van der Waals surface area contributed by atoms with E-state index < -0.39 is 0 Å². The van der Waals surface area contributed by atoms with Gasteiger partial charge in [0, 0.05) is 32.0 Å². The van der Waals surface area contributed by atoms with Gasteiger partial charge in [-0.05, 0) is 42.2 Å². The zero-order chi connectivity index (χ0) is 22.1. The fraction of sp³-hybridized carbons (Fsp3) is 0.500. The van der Waals surface area contributed by atoms with Crippen LogP contribution in [0.1, 0.15) is 44.9 Å². The first-order valence-electron chi connectivity index (χ1n) is 10.7. The van der Waals surface area contributed by atoms with Crippen molar-refractivity contribution in [1.82, 2.24) is 14.4 Å². The first-order valence-corrected chi connectivity index (χ1v) is 10.7. The number of nitrogens with zero attached hydrogens (tertiary/aromatic N) is 3. The minimum atomic E-state index is -0.326. The maximum atomic E-state index is 13.2. The molecule has 1 heterocycles. The van der Waals surface area contributed by atoms with Gasteiger partial charge in [0.15, 0.2) is 0 Å². The number of rotatable bonds is 11. The number of unbranched alkanes of at least 4 members (excludes halogenated alkanes) is 1. The summed E-state index contributed by atoms with van der Waals surface area (Å²) in [6.07, 6.45) is 4.04. The fourth-order valence-electron chi connectivity index (χ4n) is 3.34. The Morgan fingerprint density at radius 3 is 2.33 bits per heavy atom. The summed E-state index contributed by atoms with van der Waals surface area (Å²) in [5.74, 6) is -0.240. The molecule has 0 saturated heterocycles. The van der Waals surface area contributed by atoms with E-state index in [0.29, 0.717) is 19.6 Å². The van der Waals surface area contributed by atoms with Crippen LogP contribution in [-0.2, 0) is 29.6 Å². The highest BCUT2D eigenvalue weighted by Crippen LogP contribution is 2.11. The molecule has 164 valence electrons. The highest BCUT2D eigenvalue weighted by Gasteiger charge is 2.22. The van der Waals surface area contributed by atoms with Gasteiger partial charge in [0.2, 0.25) is 11.8 Å². The van der Waals surface area contributed by atoms with Crippen molar-refractivity contribution >= 4 is 11.8 Å². The van der Waals surface area contributed by atoms with E-state index in [9.17, 15) is 14.0 Å². The maximum Gasteiger partial charge on any atom is 0.242 e. The first kappa shape index (κ1) is 23.6. The Balaban J connectivity index is 2.10. The largest absolute Gasteiger partial charge is 0.353 e. The Bertz CT molecular complexity index is 814. The number of aryl methyl sites for hydroxylation is 1. The third-order valence-corrected chi connectivity index (χ3v) is 5.07. The lowest BCUT2D eigenvalue weighted by Crippen LogP contribution is -2.45. The second-order valence-corrected chi connectivity index (χ2v) is 8.25. The van der Waals surface area contributed by atoms with Gasteiger partial charge in [-0.3, -0.25) is 9.59 Å². The zero-order valence-electron chi connectivity index (χ0n) is 18.6. The quantitative estimate of drug-likeness (QED) is 0.556. The Labute approximate surface area is 179 Å². The molecule has 1 aromatic heterocycles. The fourth-order valence-corrected chi connectivity index (χ4v) is 3.34. The average molecular weight is 416 g/mol. The van der Waals surface area contributed by atoms with Gasteiger partial charge in [0.25, 0.3) is 0 Å².